The zero-order valence-electron chi connectivity index (χ0n) is 14.6. The highest BCUT2D eigenvalue weighted by Gasteiger charge is 2.45. The number of benzene rings is 1. The van der Waals surface area contributed by atoms with E-state index in [1.807, 2.05) is 0 Å². The van der Waals surface area contributed by atoms with Crippen molar-refractivity contribution >= 4 is 11.0 Å². The molecule has 1 aliphatic rings. The molecule has 1 aromatic heterocycles. The number of methoxy groups -OCH3 is 2. The van der Waals surface area contributed by atoms with Crippen molar-refractivity contribution < 1.29 is 43.8 Å². The van der Waals surface area contributed by atoms with Gasteiger partial charge in [-0.1, -0.05) is 0 Å². The van der Waals surface area contributed by atoms with Gasteiger partial charge in [-0.15, -0.1) is 0 Å². The predicted octanol–water partition coefficient (Wildman–Crippen LogP) is -1.01. The van der Waals surface area contributed by atoms with E-state index >= 15 is 0 Å². The van der Waals surface area contributed by atoms with Crippen LogP contribution in [0, 0.1) is 0 Å². The van der Waals surface area contributed by atoms with E-state index in [4.69, 9.17) is 23.4 Å². The fourth-order valence-electron chi connectivity index (χ4n) is 2.89. The maximum Gasteiger partial charge on any atom is 0.336 e. The van der Waals surface area contributed by atoms with Crippen molar-refractivity contribution in [3.8, 4) is 17.2 Å². The van der Waals surface area contributed by atoms with Crippen molar-refractivity contribution in [2.75, 3.05) is 20.8 Å². The first kappa shape index (κ1) is 19.4. The first-order valence-electron chi connectivity index (χ1n) is 8.07. The molecule has 0 spiro atoms. The highest BCUT2D eigenvalue weighted by atomic mass is 16.7. The fourth-order valence-corrected chi connectivity index (χ4v) is 2.89. The minimum absolute atomic E-state index is 0.0277. The zero-order chi connectivity index (χ0) is 19.7. The van der Waals surface area contributed by atoms with Crippen molar-refractivity contribution in [1.82, 2.24) is 0 Å². The van der Waals surface area contributed by atoms with Crippen LogP contribution in [0.2, 0.25) is 0 Å². The first-order chi connectivity index (χ1) is 12.9. The molecule has 27 heavy (non-hydrogen) atoms. The van der Waals surface area contributed by atoms with Crippen molar-refractivity contribution in [3.63, 3.8) is 0 Å². The Kier molecular flexibility index (Phi) is 5.53. The molecule has 0 aliphatic carbocycles. The predicted molar refractivity (Wildman–Crippen MR) is 90.0 cm³/mol. The second kappa shape index (κ2) is 7.71. The molecule has 148 valence electrons. The SMILES string of the molecule is COc1cc2oc(=O)ccc2c(O[C@@H]2O[C@H](CO)[C@@H](O)[C@@H](O)[C@H]2O)c1OC. The second-order valence-electron chi connectivity index (χ2n) is 5.92. The summed E-state index contributed by atoms with van der Waals surface area (Å²) in [5.41, 5.74) is -0.451. The van der Waals surface area contributed by atoms with E-state index in [1.165, 1.54) is 32.4 Å². The van der Waals surface area contributed by atoms with Crippen LogP contribution in [0.4, 0.5) is 0 Å². The molecule has 5 atom stereocenters. The van der Waals surface area contributed by atoms with Crippen LogP contribution in [-0.2, 0) is 4.74 Å². The van der Waals surface area contributed by atoms with Gasteiger partial charge in [0, 0.05) is 12.1 Å². The summed E-state index contributed by atoms with van der Waals surface area (Å²) in [5, 5.41) is 39.7. The molecule has 0 bridgehead atoms. The molecule has 1 fully saturated rings. The third kappa shape index (κ3) is 3.45. The lowest BCUT2D eigenvalue weighted by atomic mass is 9.99. The Morgan fingerprint density at radius 1 is 1.04 bits per heavy atom. The Labute approximate surface area is 153 Å². The number of aliphatic hydroxyl groups is 4. The monoisotopic (exact) mass is 384 g/mol. The summed E-state index contributed by atoms with van der Waals surface area (Å²) in [5.74, 6) is 0.356. The summed E-state index contributed by atoms with van der Waals surface area (Å²) in [7, 11) is 2.74. The van der Waals surface area contributed by atoms with Crippen LogP contribution in [0.3, 0.4) is 0 Å². The summed E-state index contributed by atoms with van der Waals surface area (Å²) in [4.78, 5) is 11.5. The van der Waals surface area contributed by atoms with Crippen LogP contribution in [0.25, 0.3) is 11.0 Å². The summed E-state index contributed by atoms with van der Waals surface area (Å²) in [6, 6.07) is 4.05. The Morgan fingerprint density at radius 3 is 2.41 bits per heavy atom. The van der Waals surface area contributed by atoms with Gasteiger partial charge in [-0.05, 0) is 6.07 Å². The van der Waals surface area contributed by atoms with Gasteiger partial charge in [-0.3, -0.25) is 0 Å². The van der Waals surface area contributed by atoms with Crippen molar-refractivity contribution in [2.24, 2.45) is 0 Å². The van der Waals surface area contributed by atoms with E-state index in [-0.39, 0.29) is 22.8 Å². The van der Waals surface area contributed by atoms with E-state index < -0.39 is 42.9 Å². The first-order valence-corrected chi connectivity index (χ1v) is 8.07. The van der Waals surface area contributed by atoms with Crippen LogP contribution in [0.1, 0.15) is 0 Å². The quantitative estimate of drug-likeness (QED) is 0.473. The van der Waals surface area contributed by atoms with Crippen molar-refractivity contribution in [2.45, 2.75) is 30.7 Å². The van der Waals surface area contributed by atoms with E-state index in [2.05, 4.69) is 0 Å². The lowest BCUT2D eigenvalue weighted by Gasteiger charge is -2.39. The van der Waals surface area contributed by atoms with Gasteiger partial charge >= 0.3 is 5.63 Å². The summed E-state index contributed by atoms with van der Waals surface area (Å²) >= 11 is 0. The molecule has 1 aliphatic heterocycles. The van der Waals surface area contributed by atoms with Crippen LogP contribution in [0.5, 0.6) is 17.2 Å². The van der Waals surface area contributed by atoms with Gasteiger partial charge in [0.05, 0.1) is 26.2 Å². The van der Waals surface area contributed by atoms with Crippen molar-refractivity contribution in [3.05, 3.63) is 28.6 Å². The number of hydrogen-bond acceptors (Lipinski definition) is 10. The molecule has 1 saturated heterocycles. The Balaban J connectivity index is 2.08. The van der Waals surface area contributed by atoms with Gasteiger partial charge in [-0.25, -0.2) is 4.79 Å². The van der Waals surface area contributed by atoms with Gasteiger partial charge in [0.1, 0.15) is 30.0 Å². The standard InChI is InChI=1S/C17H20O10/c1-23-9-5-8-7(3-4-11(19)25-8)15(16(9)24-2)27-17-14(22)13(21)12(20)10(6-18)26-17/h3-5,10,12-14,17-18,20-22H,6H2,1-2H3/t10-,12-,13-,14-,17+/m1/s1. The van der Waals surface area contributed by atoms with Crippen LogP contribution in [-0.4, -0.2) is 72.0 Å². The molecule has 3 rings (SSSR count). The van der Waals surface area contributed by atoms with E-state index in [1.54, 1.807) is 0 Å². The molecule has 0 unspecified atom stereocenters. The molecule has 0 saturated carbocycles. The molecule has 10 nitrogen and oxygen atoms in total. The van der Waals surface area contributed by atoms with E-state index in [9.17, 15) is 25.2 Å². The maximum absolute atomic E-state index is 11.5. The van der Waals surface area contributed by atoms with E-state index in [0.717, 1.165) is 0 Å². The maximum atomic E-state index is 11.5. The Hall–Kier alpha value is -2.37. The fraction of sp³-hybridized carbons (Fsp3) is 0.471. The molecular formula is C17H20O10. The Morgan fingerprint density at radius 2 is 1.78 bits per heavy atom. The average molecular weight is 384 g/mol. The van der Waals surface area contributed by atoms with Crippen LogP contribution < -0.4 is 19.8 Å². The number of ether oxygens (including phenoxy) is 4. The molecule has 10 heteroatoms. The highest BCUT2D eigenvalue weighted by Crippen LogP contribution is 2.44. The third-order valence-corrected chi connectivity index (χ3v) is 4.31. The molecule has 0 radical (unpaired) electrons. The minimum atomic E-state index is -1.62. The third-order valence-electron chi connectivity index (χ3n) is 4.31. The Bertz CT molecular complexity index is 861. The number of fused-ring (bicyclic) bond motifs is 1. The van der Waals surface area contributed by atoms with Gasteiger partial charge in [0.15, 0.2) is 11.5 Å². The summed E-state index contributed by atoms with van der Waals surface area (Å²) in [6.07, 6.45) is -7.34. The normalized spacial score (nSPS) is 28.1. The highest BCUT2D eigenvalue weighted by molar-refractivity contribution is 5.89. The number of hydrogen-bond donors (Lipinski definition) is 4. The van der Waals surface area contributed by atoms with Gasteiger partial charge < -0.3 is 43.8 Å². The molecule has 0 amide bonds. The van der Waals surface area contributed by atoms with Crippen LogP contribution >= 0.6 is 0 Å². The van der Waals surface area contributed by atoms with Gasteiger partial charge in [0.25, 0.3) is 0 Å². The van der Waals surface area contributed by atoms with Gasteiger partial charge in [-0.2, -0.15) is 0 Å². The smallest absolute Gasteiger partial charge is 0.336 e. The summed E-state index contributed by atoms with van der Waals surface area (Å²) in [6.45, 7) is -0.602. The minimum Gasteiger partial charge on any atom is -0.493 e. The summed E-state index contributed by atoms with van der Waals surface area (Å²) < 4.78 is 26.7. The topological polar surface area (TPSA) is 148 Å². The molecular weight excluding hydrogens is 364 g/mol. The molecule has 2 heterocycles. The zero-order valence-corrected chi connectivity index (χ0v) is 14.6. The molecule has 2 aromatic rings. The molecule has 4 N–H and O–H groups in total. The lowest BCUT2D eigenvalue weighted by molar-refractivity contribution is -0.277. The van der Waals surface area contributed by atoms with E-state index in [0.29, 0.717) is 5.39 Å². The van der Waals surface area contributed by atoms with Gasteiger partial charge in [0.2, 0.25) is 12.0 Å². The van der Waals surface area contributed by atoms with Crippen LogP contribution in [0.15, 0.2) is 27.4 Å². The second-order valence-corrected chi connectivity index (χ2v) is 5.92. The average Bonchev–Trinajstić information content (AvgIpc) is 2.67. The molecule has 1 aromatic carbocycles. The number of rotatable bonds is 5. The lowest BCUT2D eigenvalue weighted by Crippen LogP contribution is -2.60. The van der Waals surface area contributed by atoms with Crippen molar-refractivity contribution in [1.29, 1.82) is 0 Å². The largest absolute Gasteiger partial charge is 0.493 e. The number of aliphatic hydroxyl groups excluding tert-OH is 4.